The second kappa shape index (κ2) is 7.37. The van der Waals surface area contributed by atoms with Gasteiger partial charge in [-0.15, -0.1) is 11.8 Å². The molecular formula is C19H23NO2S. The Morgan fingerprint density at radius 1 is 1.22 bits per heavy atom. The van der Waals surface area contributed by atoms with Crippen molar-refractivity contribution in [1.82, 2.24) is 4.90 Å². The van der Waals surface area contributed by atoms with Crippen molar-refractivity contribution in [2.45, 2.75) is 30.7 Å². The van der Waals surface area contributed by atoms with E-state index < -0.39 is 0 Å². The van der Waals surface area contributed by atoms with Gasteiger partial charge in [-0.25, -0.2) is 0 Å². The van der Waals surface area contributed by atoms with E-state index in [1.54, 1.807) is 11.8 Å². The van der Waals surface area contributed by atoms with Gasteiger partial charge in [0.2, 0.25) is 5.91 Å². The Morgan fingerprint density at radius 2 is 2.00 bits per heavy atom. The first-order valence-electron chi connectivity index (χ1n) is 8.19. The lowest BCUT2D eigenvalue weighted by molar-refractivity contribution is -0.133. The molecule has 0 bridgehead atoms. The highest BCUT2D eigenvalue weighted by atomic mass is 32.2. The van der Waals surface area contributed by atoms with Crippen molar-refractivity contribution < 1.29 is 9.90 Å². The van der Waals surface area contributed by atoms with Crippen LogP contribution in [0, 0.1) is 5.92 Å². The number of thioether (sulfide) groups is 1. The van der Waals surface area contributed by atoms with Crippen LogP contribution in [0.2, 0.25) is 0 Å². The Balaban J connectivity index is 1.63. The van der Waals surface area contributed by atoms with E-state index in [1.165, 1.54) is 10.8 Å². The molecule has 0 aromatic heterocycles. The second-order valence-electron chi connectivity index (χ2n) is 6.32. The molecule has 1 aliphatic rings. The Hall–Kier alpha value is -1.52. The first-order valence-corrected chi connectivity index (χ1v) is 9.18. The third-order valence-corrected chi connectivity index (χ3v) is 5.62. The zero-order chi connectivity index (χ0) is 16.2. The summed E-state index contributed by atoms with van der Waals surface area (Å²) in [6, 6.07) is 14.9. The third kappa shape index (κ3) is 3.88. The molecule has 23 heavy (non-hydrogen) atoms. The number of benzene rings is 2. The minimum absolute atomic E-state index is 0.175. The fourth-order valence-electron chi connectivity index (χ4n) is 3.16. The zero-order valence-electron chi connectivity index (χ0n) is 13.4. The average Bonchev–Trinajstić information content (AvgIpc) is 2.60. The highest BCUT2D eigenvalue weighted by Crippen LogP contribution is 2.26. The maximum Gasteiger partial charge on any atom is 0.233 e. The molecule has 2 atom stereocenters. The summed E-state index contributed by atoms with van der Waals surface area (Å²) in [6.07, 6.45) is 2.00. The number of rotatable bonds is 4. The maximum absolute atomic E-state index is 12.5. The van der Waals surface area contributed by atoms with Crippen molar-refractivity contribution in [3.05, 3.63) is 42.5 Å². The fraction of sp³-hybridized carbons (Fsp3) is 0.421. The van der Waals surface area contributed by atoms with Crippen molar-refractivity contribution in [2.24, 2.45) is 5.92 Å². The van der Waals surface area contributed by atoms with E-state index in [1.807, 2.05) is 17.0 Å². The third-order valence-electron chi connectivity index (χ3n) is 4.64. The molecule has 122 valence electrons. The highest BCUT2D eigenvalue weighted by molar-refractivity contribution is 8.00. The molecule has 4 heteroatoms. The Kier molecular flexibility index (Phi) is 5.23. The van der Waals surface area contributed by atoms with Crippen LogP contribution < -0.4 is 0 Å². The van der Waals surface area contributed by atoms with Crippen LogP contribution >= 0.6 is 11.8 Å². The summed E-state index contributed by atoms with van der Waals surface area (Å²) in [5, 5.41) is 11.8. The van der Waals surface area contributed by atoms with Gasteiger partial charge in [-0.1, -0.05) is 30.3 Å². The summed E-state index contributed by atoms with van der Waals surface area (Å²) in [6.45, 7) is 2.97. The average molecular weight is 329 g/mol. The first kappa shape index (κ1) is 16.3. The van der Waals surface area contributed by atoms with Crippen LogP contribution in [0.1, 0.15) is 19.8 Å². The van der Waals surface area contributed by atoms with E-state index >= 15 is 0 Å². The van der Waals surface area contributed by atoms with Crippen LogP contribution in [0.5, 0.6) is 0 Å². The first-order chi connectivity index (χ1) is 11.2. The summed E-state index contributed by atoms with van der Waals surface area (Å²) in [5.74, 6) is 0.871. The molecule has 3 nitrogen and oxygen atoms in total. The summed E-state index contributed by atoms with van der Waals surface area (Å²) >= 11 is 1.59. The van der Waals surface area contributed by atoms with Crippen molar-refractivity contribution >= 4 is 28.4 Å². The maximum atomic E-state index is 12.5. The van der Waals surface area contributed by atoms with Crippen LogP contribution in [-0.2, 0) is 4.79 Å². The van der Waals surface area contributed by atoms with E-state index in [9.17, 15) is 9.90 Å². The summed E-state index contributed by atoms with van der Waals surface area (Å²) < 4.78 is 0. The number of aliphatic hydroxyl groups is 1. The molecule has 3 rings (SSSR count). The minimum atomic E-state index is 0.175. The lowest BCUT2D eigenvalue weighted by Crippen LogP contribution is -2.47. The molecule has 1 N–H and O–H groups in total. The van der Waals surface area contributed by atoms with Crippen molar-refractivity contribution in [3.63, 3.8) is 0 Å². The number of hydrogen-bond donors (Lipinski definition) is 1. The van der Waals surface area contributed by atoms with Crippen LogP contribution in [0.15, 0.2) is 47.4 Å². The van der Waals surface area contributed by atoms with Crippen molar-refractivity contribution in [2.75, 3.05) is 18.9 Å². The number of likely N-dealkylation sites (tertiary alicyclic amines) is 1. The molecule has 2 aromatic carbocycles. The molecule has 0 radical (unpaired) electrons. The van der Waals surface area contributed by atoms with Crippen LogP contribution in [-0.4, -0.2) is 40.9 Å². The van der Waals surface area contributed by atoms with Crippen molar-refractivity contribution in [3.8, 4) is 0 Å². The topological polar surface area (TPSA) is 40.5 Å². The Bertz CT molecular complexity index is 688. The monoisotopic (exact) mass is 329 g/mol. The van der Waals surface area contributed by atoms with Gasteiger partial charge < -0.3 is 10.0 Å². The minimum Gasteiger partial charge on any atom is -0.396 e. The lowest BCUT2D eigenvalue weighted by atomic mass is 9.94. The molecule has 2 unspecified atom stereocenters. The molecule has 0 aliphatic carbocycles. The number of fused-ring (bicyclic) bond motifs is 1. The Labute approximate surface area is 141 Å². The highest BCUT2D eigenvalue weighted by Gasteiger charge is 2.28. The van der Waals surface area contributed by atoms with E-state index in [4.69, 9.17) is 0 Å². The number of carbonyl (C=O) groups is 1. The Morgan fingerprint density at radius 3 is 2.78 bits per heavy atom. The molecule has 0 saturated carbocycles. The molecule has 1 saturated heterocycles. The van der Waals surface area contributed by atoms with Gasteiger partial charge in [-0.2, -0.15) is 0 Å². The van der Waals surface area contributed by atoms with Gasteiger partial charge in [0, 0.05) is 24.1 Å². The van der Waals surface area contributed by atoms with Gasteiger partial charge in [0.15, 0.2) is 0 Å². The molecular weight excluding hydrogens is 306 g/mol. The fourth-order valence-corrected chi connectivity index (χ4v) is 3.99. The van der Waals surface area contributed by atoms with E-state index in [0.717, 1.165) is 17.7 Å². The van der Waals surface area contributed by atoms with Gasteiger partial charge in [0.25, 0.3) is 0 Å². The number of aliphatic hydroxyl groups excluding tert-OH is 1. The predicted octanol–water partition coefficient (Wildman–Crippen LogP) is 3.55. The largest absolute Gasteiger partial charge is 0.396 e. The molecule has 1 heterocycles. The van der Waals surface area contributed by atoms with Gasteiger partial charge in [-0.3, -0.25) is 4.79 Å². The van der Waals surface area contributed by atoms with Gasteiger partial charge in [0.05, 0.1) is 5.75 Å². The summed E-state index contributed by atoms with van der Waals surface area (Å²) in [7, 11) is 0. The van der Waals surface area contributed by atoms with E-state index in [2.05, 4.69) is 37.3 Å². The van der Waals surface area contributed by atoms with Gasteiger partial charge in [-0.05, 0) is 48.6 Å². The molecule has 1 fully saturated rings. The predicted molar refractivity (Wildman–Crippen MR) is 95.7 cm³/mol. The molecule has 0 spiro atoms. The molecule has 2 aromatic rings. The zero-order valence-corrected chi connectivity index (χ0v) is 14.3. The number of nitrogens with zero attached hydrogens (tertiary/aromatic N) is 1. The lowest BCUT2D eigenvalue weighted by Gasteiger charge is -2.37. The van der Waals surface area contributed by atoms with Crippen LogP contribution in [0.25, 0.3) is 10.8 Å². The number of hydrogen-bond acceptors (Lipinski definition) is 3. The standard InChI is InChI=1S/C19H23NO2S/c1-14-6-7-15(12-21)11-20(14)19(22)13-23-18-9-8-16-4-2-3-5-17(16)10-18/h2-5,8-10,14-15,21H,6-7,11-13H2,1H3. The second-order valence-corrected chi connectivity index (χ2v) is 7.37. The van der Waals surface area contributed by atoms with Gasteiger partial charge in [0.1, 0.15) is 0 Å². The van der Waals surface area contributed by atoms with Gasteiger partial charge >= 0.3 is 0 Å². The SMILES string of the molecule is CC1CCC(CO)CN1C(=O)CSc1ccc2ccccc2c1. The van der Waals surface area contributed by atoms with E-state index in [0.29, 0.717) is 12.3 Å². The smallest absolute Gasteiger partial charge is 0.233 e. The van der Waals surface area contributed by atoms with Crippen LogP contribution in [0.4, 0.5) is 0 Å². The molecule has 1 amide bonds. The van der Waals surface area contributed by atoms with Crippen molar-refractivity contribution in [1.29, 1.82) is 0 Å². The number of carbonyl (C=O) groups excluding carboxylic acids is 1. The molecule has 1 aliphatic heterocycles. The quantitative estimate of drug-likeness (QED) is 0.872. The summed E-state index contributed by atoms with van der Waals surface area (Å²) in [5.41, 5.74) is 0. The normalized spacial score (nSPS) is 21.6. The van der Waals surface area contributed by atoms with E-state index in [-0.39, 0.29) is 24.5 Å². The summed E-state index contributed by atoms with van der Waals surface area (Å²) in [4.78, 5) is 15.6. The number of amides is 1. The van der Waals surface area contributed by atoms with Crippen LogP contribution in [0.3, 0.4) is 0 Å². The number of piperidine rings is 1.